The SMILES string of the molecule is C[C@H]1C[C@H](Nc2ncncc2C(=O)c2cc(C(O)c3cccc(Cl)c3)c(Cl)o2)C[C@@H]1COS(N)(=O)=O. The van der Waals surface area contributed by atoms with Gasteiger partial charge in [-0.2, -0.15) is 8.42 Å². The molecule has 1 aliphatic carbocycles. The van der Waals surface area contributed by atoms with E-state index in [1.165, 1.54) is 18.6 Å². The number of rotatable bonds is 9. The highest BCUT2D eigenvalue weighted by Gasteiger charge is 2.33. The van der Waals surface area contributed by atoms with Crippen molar-refractivity contribution < 1.29 is 26.9 Å². The fourth-order valence-electron chi connectivity index (χ4n) is 4.34. The van der Waals surface area contributed by atoms with Crippen LogP contribution in [0.5, 0.6) is 0 Å². The minimum absolute atomic E-state index is 0.0175. The highest BCUT2D eigenvalue weighted by atomic mass is 35.5. The number of furan rings is 1. The summed E-state index contributed by atoms with van der Waals surface area (Å²) in [6.07, 6.45) is 2.82. The Morgan fingerprint density at radius 2 is 2.11 bits per heavy atom. The number of ketones is 1. The largest absolute Gasteiger partial charge is 0.441 e. The number of nitrogens with one attached hydrogen (secondary N) is 1. The predicted molar refractivity (Wildman–Crippen MR) is 133 cm³/mol. The average Bonchev–Trinajstić information content (AvgIpc) is 3.38. The van der Waals surface area contributed by atoms with Gasteiger partial charge < -0.3 is 14.8 Å². The fourth-order valence-corrected chi connectivity index (χ4v) is 5.15. The summed E-state index contributed by atoms with van der Waals surface area (Å²) in [7, 11) is -4.02. The summed E-state index contributed by atoms with van der Waals surface area (Å²) in [6.45, 7) is 1.97. The van der Waals surface area contributed by atoms with E-state index in [4.69, 9.17) is 36.9 Å². The number of carbonyl (C=O) groups excluding carboxylic acids is 1. The van der Waals surface area contributed by atoms with Crippen molar-refractivity contribution >= 4 is 45.1 Å². The van der Waals surface area contributed by atoms with Gasteiger partial charge in [-0.05, 0) is 60.0 Å². The van der Waals surface area contributed by atoms with E-state index in [1.807, 2.05) is 6.92 Å². The number of carbonyl (C=O) groups is 1. The molecule has 1 saturated carbocycles. The second-order valence-corrected chi connectivity index (χ2v) is 10.7. The standard InChI is InChI=1S/C23H24Cl2N4O6S/c1-12-5-16(7-14(12)10-34-36(26,32)33)29-23-18(9-27-11-28-23)21(31)19-8-17(22(25)35-19)20(30)13-3-2-4-15(24)6-13/h2-4,6,8-9,11-12,14,16,20,30H,5,7,10H2,1H3,(H2,26,32,33)(H,27,28,29)/t12-,14+,16-,20?/m0/s1. The number of aromatic nitrogens is 2. The highest BCUT2D eigenvalue weighted by Crippen LogP contribution is 2.36. The zero-order valence-electron chi connectivity index (χ0n) is 19.1. The van der Waals surface area contributed by atoms with Crippen LogP contribution in [0.3, 0.4) is 0 Å². The monoisotopic (exact) mass is 554 g/mol. The first-order chi connectivity index (χ1) is 17.0. The summed E-state index contributed by atoms with van der Waals surface area (Å²) < 4.78 is 32.5. The third kappa shape index (κ3) is 6.23. The molecule has 1 aromatic carbocycles. The number of anilines is 1. The van der Waals surface area contributed by atoms with E-state index in [-0.39, 0.29) is 46.6 Å². The van der Waals surface area contributed by atoms with Gasteiger partial charge in [-0.15, -0.1) is 0 Å². The first-order valence-electron chi connectivity index (χ1n) is 11.0. The molecule has 0 radical (unpaired) electrons. The number of benzene rings is 1. The molecule has 0 spiro atoms. The molecule has 3 aromatic rings. The normalized spacial score (nSPS) is 20.9. The molecule has 2 heterocycles. The van der Waals surface area contributed by atoms with Crippen LogP contribution in [0.25, 0.3) is 0 Å². The first kappa shape index (κ1) is 26.5. The van der Waals surface area contributed by atoms with Crippen LogP contribution >= 0.6 is 23.2 Å². The van der Waals surface area contributed by atoms with Crippen LogP contribution < -0.4 is 10.5 Å². The number of halogens is 2. The molecule has 0 aliphatic heterocycles. The van der Waals surface area contributed by atoms with Crippen LogP contribution in [0.15, 0.2) is 47.3 Å². The second kappa shape index (κ2) is 10.8. The maximum Gasteiger partial charge on any atom is 0.333 e. The lowest BCUT2D eigenvalue weighted by Crippen LogP contribution is -2.22. The quantitative estimate of drug-likeness (QED) is 0.335. The molecule has 1 fully saturated rings. The number of hydrogen-bond donors (Lipinski definition) is 3. The van der Waals surface area contributed by atoms with Crippen molar-refractivity contribution in [1.29, 1.82) is 0 Å². The van der Waals surface area contributed by atoms with Gasteiger partial charge in [0.2, 0.25) is 5.78 Å². The van der Waals surface area contributed by atoms with Crippen molar-refractivity contribution in [2.75, 3.05) is 11.9 Å². The zero-order chi connectivity index (χ0) is 26.0. The predicted octanol–water partition coefficient (Wildman–Crippen LogP) is 3.74. The molecule has 1 unspecified atom stereocenters. The molecule has 4 rings (SSSR count). The fraction of sp³-hybridized carbons (Fsp3) is 0.348. The zero-order valence-corrected chi connectivity index (χ0v) is 21.4. The molecule has 4 atom stereocenters. The van der Waals surface area contributed by atoms with Crippen molar-refractivity contribution in [3.8, 4) is 0 Å². The van der Waals surface area contributed by atoms with E-state index in [0.29, 0.717) is 29.2 Å². The van der Waals surface area contributed by atoms with Gasteiger partial charge in [0, 0.05) is 22.8 Å². The molecule has 0 saturated heterocycles. The molecule has 10 nitrogen and oxygen atoms in total. The molecule has 0 bridgehead atoms. The van der Waals surface area contributed by atoms with Crippen LogP contribution in [0, 0.1) is 11.8 Å². The lowest BCUT2D eigenvalue weighted by atomic mass is 10.00. The van der Waals surface area contributed by atoms with Gasteiger partial charge in [0.25, 0.3) is 0 Å². The van der Waals surface area contributed by atoms with E-state index in [0.717, 1.165) is 0 Å². The van der Waals surface area contributed by atoms with Crippen LogP contribution in [-0.2, 0) is 14.5 Å². The summed E-state index contributed by atoms with van der Waals surface area (Å²) >= 11 is 12.2. The van der Waals surface area contributed by atoms with E-state index in [1.54, 1.807) is 24.3 Å². The Morgan fingerprint density at radius 3 is 2.83 bits per heavy atom. The van der Waals surface area contributed by atoms with Gasteiger partial charge in [0.1, 0.15) is 18.2 Å². The number of nitrogens with zero attached hydrogens (tertiary/aromatic N) is 2. The van der Waals surface area contributed by atoms with E-state index in [9.17, 15) is 18.3 Å². The third-order valence-electron chi connectivity index (χ3n) is 6.19. The van der Waals surface area contributed by atoms with Gasteiger partial charge in [0.15, 0.2) is 11.0 Å². The summed E-state index contributed by atoms with van der Waals surface area (Å²) in [4.78, 5) is 21.5. The Morgan fingerprint density at radius 1 is 1.33 bits per heavy atom. The number of aliphatic hydroxyl groups is 1. The van der Waals surface area contributed by atoms with Gasteiger partial charge in [-0.1, -0.05) is 30.7 Å². The smallest absolute Gasteiger partial charge is 0.333 e. The van der Waals surface area contributed by atoms with Gasteiger partial charge in [0.05, 0.1) is 12.2 Å². The Bertz CT molecular complexity index is 1370. The molecule has 4 N–H and O–H groups in total. The number of hydrogen-bond acceptors (Lipinski definition) is 9. The van der Waals surface area contributed by atoms with Gasteiger partial charge in [-0.3, -0.25) is 8.98 Å². The molecular weight excluding hydrogens is 531 g/mol. The molecule has 1 aliphatic rings. The summed E-state index contributed by atoms with van der Waals surface area (Å²) in [6, 6.07) is 7.93. The molecular formula is C23H24Cl2N4O6S. The molecule has 36 heavy (non-hydrogen) atoms. The van der Waals surface area contributed by atoms with Crippen molar-refractivity contribution in [3.63, 3.8) is 0 Å². The summed E-state index contributed by atoms with van der Waals surface area (Å²) in [5.74, 6) is -0.201. The highest BCUT2D eigenvalue weighted by molar-refractivity contribution is 7.84. The van der Waals surface area contributed by atoms with Crippen molar-refractivity contribution in [2.45, 2.75) is 31.9 Å². The Labute approximate surface area is 218 Å². The van der Waals surface area contributed by atoms with Crippen LogP contribution in [0.2, 0.25) is 10.2 Å². The van der Waals surface area contributed by atoms with Crippen LogP contribution in [0.4, 0.5) is 5.82 Å². The van der Waals surface area contributed by atoms with Crippen LogP contribution in [0.1, 0.15) is 53.1 Å². The molecule has 13 heteroatoms. The average molecular weight is 555 g/mol. The number of aliphatic hydroxyl groups excluding tert-OH is 1. The van der Waals surface area contributed by atoms with Gasteiger partial charge in [-0.25, -0.2) is 15.1 Å². The van der Waals surface area contributed by atoms with Crippen molar-refractivity contribution in [1.82, 2.24) is 9.97 Å². The summed E-state index contributed by atoms with van der Waals surface area (Å²) in [5, 5.41) is 19.2. The lowest BCUT2D eigenvalue weighted by Gasteiger charge is -2.15. The topological polar surface area (TPSA) is 158 Å². The second-order valence-electron chi connectivity index (χ2n) is 8.74. The van der Waals surface area contributed by atoms with Crippen molar-refractivity contribution in [2.24, 2.45) is 17.0 Å². The Hall–Kier alpha value is -2.54. The maximum atomic E-state index is 13.3. The Balaban J connectivity index is 1.51. The van der Waals surface area contributed by atoms with Crippen LogP contribution in [-0.4, -0.2) is 41.9 Å². The van der Waals surface area contributed by atoms with E-state index < -0.39 is 22.2 Å². The Kier molecular flexibility index (Phi) is 7.98. The molecule has 2 aromatic heterocycles. The maximum absolute atomic E-state index is 13.3. The minimum Gasteiger partial charge on any atom is -0.441 e. The van der Waals surface area contributed by atoms with Gasteiger partial charge >= 0.3 is 10.3 Å². The molecule has 192 valence electrons. The molecule has 0 amide bonds. The third-order valence-corrected chi connectivity index (χ3v) is 7.18. The minimum atomic E-state index is -4.02. The first-order valence-corrected chi connectivity index (χ1v) is 13.3. The van der Waals surface area contributed by atoms with E-state index >= 15 is 0 Å². The van der Waals surface area contributed by atoms with Crippen molar-refractivity contribution in [3.05, 3.63) is 75.5 Å². The summed E-state index contributed by atoms with van der Waals surface area (Å²) in [5.41, 5.74) is 0.866. The number of nitrogens with two attached hydrogens (primary N) is 1. The lowest BCUT2D eigenvalue weighted by molar-refractivity contribution is 0.101. The van der Waals surface area contributed by atoms with E-state index in [2.05, 4.69) is 15.3 Å².